The number of fused-ring (bicyclic) bond motifs is 1. The van der Waals surface area contributed by atoms with Crippen molar-refractivity contribution in [2.45, 2.75) is 26.0 Å². The topological polar surface area (TPSA) is 77.0 Å². The molecule has 1 atom stereocenters. The van der Waals surface area contributed by atoms with Crippen LogP contribution in [0, 0.1) is 0 Å². The van der Waals surface area contributed by atoms with Crippen molar-refractivity contribution >= 4 is 12.1 Å². The highest BCUT2D eigenvalue weighted by Crippen LogP contribution is 2.18. The smallest absolute Gasteiger partial charge is 0.271 e. The van der Waals surface area contributed by atoms with Gasteiger partial charge in [-0.3, -0.25) is 14.7 Å². The Morgan fingerprint density at radius 3 is 2.88 bits per heavy atom. The van der Waals surface area contributed by atoms with Crippen LogP contribution in [0.25, 0.3) is 0 Å². The predicted molar refractivity (Wildman–Crippen MR) is 95.7 cm³/mol. The second-order valence-corrected chi connectivity index (χ2v) is 5.82. The molecular weight excluding hydrogens is 304 g/mol. The van der Waals surface area contributed by atoms with Gasteiger partial charge in [0.15, 0.2) is 0 Å². The van der Waals surface area contributed by atoms with Crippen LogP contribution < -0.4 is 10.6 Å². The summed E-state index contributed by atoms with van der Waals surface area (Å²) in [6.07, 6.45) is 3.48. The van der Waals surface area contributed by atoms with Crippen LogP contribution in [0.4, 0.5) is 0 Å². The number of aliphatic hydroxyl groups excluding tert-OH is 1. The van der Waals surface area contributed by atoms with Gasteiger partial charge in [0.1, 0.15) is 5.70 Å². The van der Waals surface area contributed by atoms with E-state index >= 15 is 0 Å². The third kappa shape index (κ3) is 5.18. The summed E-state index contributed by atoms with van der Waals surface area (Å²) in [6.45, 7) is 4.26. The van der Waals surface area contributed by atoms with Crippen LogP contribution in [0.1, 0.15) is 18.1 Å². The summed E-state index contributed by atoms with van der Waals surface area (Å²) in [6, 6.07) is 8.40. The molecule has 24 heavy (non-hydrogen) atoms. The fourth-order valence-corrected chi connectivity index (χ4v) is 2.81. The number of β-amino-alcohol motifs (C(OH)–C–C–N with tert-alkyl or cyclic N) is 1. The number of benzene rings is 1. The van der Waals surface area contributed by atoms with Gasteiger partial charge < -0.3 is 15.7 Å². The minimum absolute atomic E-state index is 0.206. The minimum Gasteiger partial charge on any atom is -0.392 e. The molecular formula is C18H26N4O2. The SMILES string of the molecule is CC=N/C(=C\NC)C(=O)NCC(O)CN1CCc2ccccc2C1. The highest BCUT2D eigenvalue weighted by molar-refractivity contribution is 5.94. The first-order valence-electron chi connectivity index (χ1n) is 8.25. The Labute approximate surface area is 143 Å². The maximum absolute atomic E-state index is 12.0. The largest absolute Gasteiger partial charge is 0.392 e. The number of aliphatic imine (C=N–C) groups is 1. The standard InChI is InChI=1S/C18H26N4O2/c1-3-20-17(11-19-2)18(24)21-10-16(23)13-22-9-8-14-6-4-5-7-15(14)12-22/h3-7,11,16,19,23H,8-10,12-13H2,1-2H3,(H,21,24)/b17-11-,20-3?. The number of nitrogens with zero attached hydrogens (tertiary/aromatic N) is 2. The Hall–Kier alpha value is -2.18. The third-order valence-electron chi connectivity index (χ3n) is 3.96. The van der Waals surface area contributed by atoms with Crippen LogP contribution in [0.2, 0.25) is 0 Å². The van der Waals surface area contributed by atoms with Gasteiger partial charge in [-0.15, -0.1) is 0 Å². The molecule has 0 saturated carbocycles. The van der Waals surface area contributed by atoms with E-state index in [0.717, 1.165) is 19.5 Å². The van der Waals surface area contributed by atoms with E-state index in [2.05, 4.69) is 38.7 Å². The predicted octanol–water partition coefficient (Wildman–Crippen LogP) is 0.673. The van der Waals surface area contributed by atoms with E-state index in [1.807, 2.05) is 6.07 Å². The van der Waals surface area contributed by atoms with E-state index in [4.69, 9.17) is 0 Å². The van der Waals surface area contributed by atoms with Gasteiger partial charge in [0, 0.05) is 45.6 Å². The van der Waals surface area contributed by atoms with Gasteiger partial charge in [0.25, 0.3) is 5.91 Å². The quantitative estimate of drug-likeness (QED) is 0.507. The summed E-state index contributed by atoms with van der Waals surface area (Å²) in [5.41, 5.74) is 2.99. The zero-order valence-electron chi connectivity index (χ0n) is 14.3. The lowest BCUT2D eigenvalue weighted by molar-refractivity contribution is -0.118. The maximum Gasteiger partial charge on any atom is 0.271 e. The van der Waals surface area contributed by atoms with Crippen molar-refractivity contribution in [3.8, 4) is 0 Å². The van der Waals surface area contributed by atoms with Crippen molar-refractivity contribution < 1.29 is 9.90 Å². The Balaban J connectivity index is 1.80. The van der Waals surface area contributed by atoms with E-state index in [0.29, 0.717) is 12.2 Å². The number of hydrogen-bond acceptors (Lipinski definition) is 5. The molecule has 130 valence electrons. The second kappa shape index (κ2) is 9.20. The highest BCUT2D eigenvalue weighted by Gasteiger charge is 2.19. The molecule has 1 aliphatic rings. The summed E-state index contributed by atoms with van der Waals surface area (Å²) in [5.74, 6) is -0.300. The summed E-state index contributed by atoms with van der Waals surface area (Å²) in [5, 5.41) is 15.7. The molecule has 1 heterocycles. The average molecular weight is 330 g/mol. The van der Waals surface area contributed by atoms with Gasteiger partial charge in [0.2, 0.25) is 0 Å². The summed E-state index contributed by atoms with van der Waals surface area (Å²) in [4.78, 5) is 18.2. The van der Waals surface area contributed by atoms with Gasteiger partial charge in [-0.2, -0.15) is 0 Å². The van der Waals surface area contributed by atoms with Gasteiger partial charge in [0.05, 0.1) is 6.10 Å². The molecule has 6 nitrogen and oxygen atoms in total. The lowest BCUT2D eigenvalue weighted by Crippen LogP contribution is -2.42. The average Bonchev–Trinajstić information content (AvgIpc) is 2.59. The van der Waals surface area contributed by atoms with Crippen molar-refractivity contribution in [2.75, 3.05) is 26.7 Å². The molecule has 3 N–H and O–H groups in total. The number of carbonyl (C=O) groups excluding carboxylic acids is 1. The number of aliphatic hydroxyl groups is 1. The number of amides is 1. The van der Waals surface area contributed by atoms with E-state index < -0.39 is 6.10 Å². The van der Waals surface area contributed by atoms with E-state index in [-0.39, 0.29) is 12.5 Å². The molecule has 0 bridgehead atoms. The zero-order valence-corrected chi connectivity index (χ0v) is 14.3. The molecule has 0 radical (unpaired) electrons. The Morgan fingerprint density at radius 1 is 1.42 bits per heavy atom. The normalized spacial score (nSPS) is 16.7. The first kappa shape index (κ1) is 18.2. The van der Waals surface area contributed by atoms with Crippen LogP contribution in [-0.2, 0) is 17.8 Å². The number of hydrogen-bond donors (Lipinski definition) is 3. The first-order chi connectivity index (χ1) is 11.6. The second-order valence-electron chi connectivity index (χ2n) is 5.82. The van der Waals surface area contributed by atoms with E-state index in [9.17, 15) is 9.90 Å². The molecule has 0 spiro atoms. The summed E-state index contributed by atoms with van der Waals surface area (Å²) >= 11 is 0. The summed E-state index contributed by atoms with van der Waals surface area (Å²) < 4.78 is 0. The monoisotopic (exact) mass is 330 g/mol. The Bertz CT molecular complexity index is 613. The molecule has 1 amide bonds. The highest BCUT2D eigenvalue weighted by atomic mass is 16.3. The van der Waals surface area contributed by atoms with Crippen molar-refractivity contribution in [1.29, 1.82) is 0 Å². The van der Waals surface area contributed by atoms with Gasteiger partial charge in [-0.25, -0.2) is 0 Å². The van der Waals surface area contributed by atoms with Crippen molar-refractivity contribution in [3.05, 3.63) is 47.3 Å². The van der Waals surface area contributed by atoms with E-state index in [1.165, 1.54) is 17.3 Å². The Kier molecular flexibility index (Phi) is 6.96. The Morgan fingerprint density at radius 2 is 2.17 bits per heavy atom. The first-order valence-corrected chi connectivity index (χ1v) is 8.25. The molecule has 0 aromatic heterocycles. The fourth-order valence-electron chi connectivity index (χ4n) is 2.81. The fraction of sp³-hybridized carbons (Fsp3) is 0.444. The van der Waals surface area contributed by atoms with E-state index in [1.54, 1.807) is 20.2 Å². The van der Waals surface area contributed by atoms with Crippen LogP contribution in [0.15, 0.2) is 41.2 Å². The molecule has 1 unspecified atom stereocenters. The molecule has 0 fully saturated rings. The molecule has 6 heteroatoms. The molecule has 2 rings (SSSR count). The van der Waals surface area contributed by atoms with Crippen LogP contribution in [0.3, 0.4) is 0 Å². The maximum atomic E-state index is 12.0. The number of nitrogens with one attached hydrogen (secondary N) is 2. The summed E-state index contributed by atoms with van der Waals surface area (Å²) in [7, 11) is 1.71. The molecule has 0 aliphatic carbocycles. The van der Waals surface area contributed by atoms with Crippen molar-refractivity contribution in [2.24, 2.45) is 4.99 Å². The number of rotatable bonds is 7. The van der Waals surface area contributed by atoms with Crippen LogP contribution >= 0.6 is 0 Å². The van der Waals surface area contributed by atoms with Crippen LogP contribution in [0.5, 0.6) is 0 Å². The number of carbonyl (C=O) groups is 1. The van der Waals surface area contributed by atoms with Crippen LogP contribution in [-0.4, -0.2) is 54.9 Å². The molecule has 0 saturated heterocycles. The lowest BCUT2D eigenvalue weighted by Gasteiger charge is -2.30. The minimum atomic E-state index is -0.611. The third-order valence-corrected chi connectivity index (χ3v) is 3.96. The lowest BCUT2D eigenvalue weighted by atomic mass is 10.00. The van der Waals surface area contributed by atoms with Gasteiger partial charge in [-0.1, -0.05) is 24.3 Å². The van der Waals surface area contributed by atoms with Crippen molar-refractivity contribution in [1.82, 2.24) is 15.5 Å². The van der Waals surface area contributed by atoms with Gasteiger partial charge in [-0.05, 0) is 24.5 Å². The molecule has 1 aromatic carbocycles. The molecule has 1 aromatic rings. The van der Waals surface area contributed by atoms with Gasteiger partial charge >= 0.3 is 0 Å². The van der Waals surface area contributed by atoms with Crippen molar-refractivity contribution in [3.63, 3.8) is 0 Å². The zero-order chi connectivity index (χ0) is 17.4. The molecule has 1 aliphatic heterocycles.